The number of aromatic amines is 1. The van der Waals surface area contributed by atoms with Crippen LogP contribution in [0.15, 0.2) is 24.4 Å². The molecule has 0 radical (unpaired) electrons. The van der Waals surface area contributed by atoms with E-state index in [2.05, 4.69) is 9.97 Å². The van der Waals surface area contributed by atoms with Gasteiger partial charge in [-0.25, -0.2) is 9.37 Å². The van der Waals surface area contributed by atoms with Gasteiger partial charge >= 0.3 is 6.18 Å². The van der Waals surface area contributed by atoms with Gasteiger partial charge in [0.1, 0.15) is 11.6 Å². The van der Waals surface area contributed by atoms with Crippen molar-refractivity contribution in [3.63, 3.8) is 0 Å². The summed E-state index contributed by atoms with van der Waals surface area (Å²) in [5.41, 5.74) is -0.817. The molecule has 18 heavy (non-hydrogen) atoms. The monoisotopic (exact) mass is 278 g/mol. The highest BCUT2D eigenvalue weighted by molar-refractivity contribution is 6.16. The number of halogens is 5. The van der Waals surface area contributed by atoms with E-state index in [4.69, 9.17) is 11.6 Å². The number of rotatable bonds is 2. The lowest BCUT2D eigenvalue weighted by Gasteiger charge is -2.11. The Kier molecular flexibility index (Phi) is 3.30. The van der Waals surface area contributed by atoms with Gasteiger partial charge in [0, 0.05) is 17.5 Å². The maximum absolute atomic E-state index is 13.1. The van der Waals surface area contributed by atoms with Crippen LogP contribution in [0.5, 0.6) is 0 Å². The second-order valence-corrected chi connectivity index (χ2v) is 3.85. The molecule has 0 unspecified atom stereocenters. The number of aromatic nitrogens is 2. The molecule has 0 aliphatic rings. The van der Waals surface area contributed by atoms with Gasteiger partial charge in [0.15, 0.2) is 0 Å². The molecule has 1 heterocycles. The van der Waals surface area contributed by atoms with Crippen LogP contribution in [0.1, 0.15) is 11.3 Å². The van der Waals surface area contributed by atoms with E-state index in [9.17, 15) is 17.6 Å². The first-order valence-corrected chi connectivity index (χ1v) is 5.42. The van der Waals surface area contributed by atoms with Gasteiger partial charge in [-0.05, 0) is 18.2 Å². The minimum absolute atomic E-state index is 0.0579. The number of benzene rings is 1. The first kappa shape index (κ1) is 12.9. The number of imidazole rings is 1. The predicted molar refractivity (Wildman–Crippen MR) is 58.5 cm³/mol. The normalized spacial score (nSPS) is 11.8. The molecule has 0 aliphatic carbocycles. The Balaban J connectivity index is 2.58. The fourth-order valence-corrected chi connectivity index (χ4v) is 1.66. The summed E-state index contributed by atoms with van der Waals surface area (Å²) in [7, 11) is 0. The Hall–Kier alpha value is -1.56. The Morgan fingerprint density at radius 1 is 1.28 bits per heavy atom. The molecule has 2 rings (SSSR count). The largest absolute Gasteiger partial charge is 0.417 e. The van der Waals surface area contributed by atoms with Gasteiger partial charge in [0.2, 0.25) is 0 Å². The van der Waals surface area contributed by atoms with Crippen LogP contribution in [0, 0.1) is 5.82 Å². The average Bonchev–Trinajstić information content (AvgIpc) is 2.75. The molecule has 2 nitrogen and oxygen atoms in total. The molecule has 0 amide bonds. The molecule has 7 heteroatoms. The van der Waals surface area contributed by atoms with Crippen molar-refractivity contribution < 1.29 is 17.6 Å². The van der Waals surface area contributed by atoms with E-state index in [-0.39, 0.29) is 17.3 Å². The lowest BCUT2D eigenvalue weighted by Crippen LogP contribution is -2.08. The summed E-state index contributed by atoms with van der Waals surface area (Å²) in [6, 6.07) is 2.24. The Morgan fingerprint density at radius 3 is 2.56 bits per heavy atom. The topological polar surface area (TPSA) is 28.7 Å². The van der Waals surface area contributed by atoms with E-state index in [1.165, 1.54) is 6.20 Å². The van der Waals surface area contributed by atoms with Crippen molar-refractivity contribution in [2.75, 3.05) is 0 Å². The number of hydrogen-bond acceptors (Lipinski definition) is 1. The van der Waals surface area contributed by atoms with E-state index < -0.39 is 17.6 Å². The fraction of sp³-hybridized carbons (Fsp3) is 0.182. The Bertz CT molecular complexity index is 562. The number of alkyl halides is 4. The van der Waals surface area contributed by atoms with Gasteiger partial charge in [-0.15, -0.1) is 11.6 Å². The lowest BCUT2D eigenvalue weighted by molar-refractivity contribution is -0.137. The molecular formula is C11H7ClF4N2. The summed E-state index contributed by atoms with van der Waals surface area (Å²) in [4.78, 5) is 6.38. The SMILES string of the molecule is Fc1ccc(C(F)(F)F)c(-c2ncc(CCl)[nH]2)c1. The first-order valence-electron chi connectivity index (χ1n) is 4.89. The molecule has 0 fully saturated rings. The van der Waals surface area contributed by atoms with Crippen LogP contribution in [0.4, 0.5) is 17.6 Å². The quantitative estimate of drug-likeness (QED) is 0.653. The molecule has 1 aromatic carbocycles. The van der Waals surface area contributed by atoms with Crippen molar-refractivity contribution in [1.82, 2.24) is 9.97 Å². The van der Waals surface area contributed by atoms with Crippen LogP contribution in [0.25, 0.3) is 11.4 Å². The maximum atomic E-state index is 13.1. The Labute approximate surface area is 105 Å². The van der Waals surface area contributed by atoms with Crippen LogP contribution in [0.3, 0.4) is 0 Å². The summed E-state index contributed by atoms with van der Waals surface area (Å²) in [6.07, 6.45) is -3.26. The third-order valence-corrected chi connectivity index (χ3v) is 2.60. The van der Waals surface area contributed by atoms with E-state index in [1.807, 2.05) is 0 Å². The molecule has 1 N–H and O–H groups in total. The van der Waals surface area contributed by atoms with E-state index in [1.54, 1.807) is 0 Å². The second kappa shape index (κ2) is 4.61. The van der Waals surface area contributed by atoms with E-state index in [0.29, 0.717) is 11.8 Å². The number of nitrogens with one attached hydrogen (secondary N) is 1. The second-order valence-electron chi connectivity index (χ2n) is 3.58. The standard InChI is InChI=1S/C11H7ClF4N2/c12-4-7-5-17-10(18-7)8-3-6(13)1-2-9(8)11(14,15)16/h1-3,5H,4H2,(H,17,18). The van der Waals surface area contributed by atoms with Crippen LogP contribution in [-0.2, 0) is 12.1 Å². The third-order valence-electron chi connectivity index (χ3n) is 2.31. The number of H-pyrrole nitrogens is 1. The summed E-state index contributed by atoms with van der Waals surface area (Å²) in [6.45, 7) is 0. The lowest BCUT2D eigenvalue weighted by atomic mass is 10.1. The molecule has 0 aliphatic heterocycles. The van der Waals surface area contributed by atoms with Gasteiger partial charge in [-0.2, -0.15) is 13.2 Å². The first-order chi connectivity index (χ1) is 8.41. The zero-order valence-corrected chi connectivity index (χ0v) is 9.61. The average molecular weight is 279 g/mol. The van der Waals surface area contributed by atoms with Crippen LogP contribution >= 0.6 is 11.6 Å². The van der Waals surface area contributed by atoms with Crippen molar-refractivity contribution in [1.29, 1.82) is 0 Å². The van der Waals surface area contributed by atoms with Gasteiger partial charge in [-0.1, -0.05) is 0 Å². The molecule has 0 atom stereocenters. The van der Waals surface area contributed by atoms with Gasteiger partial charge in [-0.3, -0.25) is 0 Å². The van der Waals surface area contributed by atoms with E-state index in [0.717, 1.165) is 12.1 Å². The van der Waals surface area contributed by atoms with Gasteiger partial charge in [0.25, 0.3) is 0 Å². The number of nitrogens with zero attached hydrogens (tertiary/aromatic N) is 1. The van der Waals surface area contributed by atoms with Crippen molar-refractivity contribution in [3.05, 3.63) is 41.5 Å². The molecule has 2 aromatic rings. The third kappa shape index (κ3) is 2.48. The summed E-state index contributed by atoms with van der Waals surface area (Å²) < 4.78 is 51.4. The highest BCUT2D eigenvalue weighted by Crippen LogP contribution is 2.36. The summed E-state index contributed by atoms with van der Waals surface area (Å²) >= 11 is 5.52. The summed E-state index contributed by atoms with van der Waals surface area (Å²) in [5.74, 6) is -0.733. The van der Waals surface area contributed by atoms with Crippen LogP contribution in [-0.4, -0.2) is 9.97 Å². The minimum Gasteiger partial charge on any atom is -0.341 e. The van der Waals surface area contributed by atoms with Crippen molar-refractivity contribution >= 4 is 11.6 Å². The molecule has 0 saturated heterocycles. The van der Waals surface area contributed by atoms with Crippen molar-refractivity contribution in [2.24, 2.45) is 0 Å². The number of hydrogen-bond donors (Lipinski definition) is 1. The maximum Gasteiger partial charge on any atom is 0.417 e. The highest BCUT2D eigenvalue weighted by Gasteiger charge is 2.34. The smallest absolute Gasteiger partial charge is 0.341 e. The molecule has 1 aromatic heterocycles. The molecule has 0 bridgehead atoms. The van der Waals surface area contributed by atoms with Gasteiger partial charge in [0.05, 0.1) is 11.4 Å². The molecule has 0 spiro atoms. The van der Waals surface area contributed by atoms with Crippen molar-refractivity contribution in [2.45, 2.75) is 12.1 Å². The van der Waals surface area contributed by atoms with Gasteiger partial charge < -0.3 is 4.98 Å². The van der Waals surface area contributed by atoms with E-state index >= 15 is 0 Å². The van der Waals surface area contributed by atoms with Crippen molar-refractivity contribution in [3.8, 4) is 11.4 Å². The predicted octanol–water partition coefficient (Wildman–Crippen LogP) is 3.97. The molecule has 0 saturated carbocycles. The zero-order valence-electron chi connectivity index (χ0n) is 8.85. The molecular weight excluding hydrogens is 272 g/mol. The Morgan fingerprint density at radius 2 is 2.00 bits per heavy atom. The van der Waals surface area contributed by atoms with Crippen LogP contribution in [0.2, 0.25) is 0 Å². The summed E-state index contributed by atoms with van der Waals surface area (Å²) in [5, 5.41) is 0. The van der Waals surface area contributed by atoms with Crippen LogP contribution < -0.4 is 0 Å². The fourth-order valence-electron chi connectivity index (χ4n) is 1.52. The zero-order chi connectivity index (χ0) is 13.3. The molecule has 96 valence electrons. The minimum atomic E-state index is -4.57. The highest BCUT2D eigenvalue weighted by atomic mass is 35.5.